The first-order valence-corrected chi connectivity index (χ1v) is 7.99. The summed E-state index contributed by atoms with van der Waals surface area (Å²) in [5.74, 6) is 0.365. The van der Waals surface area contributed by atoms with Gasteiger partial charge in [0, 0.05) is 12.1 Å². The van der Waals surface area contributed by atoms with E-state index >= 15 is 0 Å². The van der Waals surface area contributed by atoms with Crippen molar-refractivity contribution in [1.82, 2.24) is 5.32 Å². The molecule has 128 valence electrons. The van der Waals surface area contributed by atoms with Crippen molar-refractivity contribution in [2.24, 2.45) is 0 Å². The van der Waals surface area contributed by atoms with Crippen molar-refractivity contribution in [2.45, 2.75) is 12.6 Å². The maximum absolute atomic E-state index is 11.0. The largest absolute Gasteiger partial charge is 0.478 e. The lowest BCUT2D eigenvalue weighted by Crippen LogP contribution is -2.20. The molecule has 0 amide bonds. The van der Waals surface area contributed by atoms with E-state index in [1.807, 2.05) is 48.5 Å². The Bertz CT molecular complexity index is 842. The van der Waals surface area contributed by atoms with Crippen molar-refractivity contribution in [3.63, 3.8) is 0 Å². The number of aliphatic hydroxyl groups is 1. The first kappa shape index (κ1) is 17.0. The Balaban J connectivity index is 1.59. The zero-order valence-electron chi connectivity index (χ0n) is 13.6. The first-order valence-electron chi connectivity index (χ1n) is 7.99. The molecule has 0 aliphatic heterocycles. The molecule has 1 aromatic heterocycles. The second-order valence-corrected chi connectivity index (χ2v) is 5.71. The zero-order chi connectivity index (χ0) is 17.6. The fraction of sp³-hybridized carbons (Fsp3) is 0.150. The Kier molecular flexibility index (Phi) is 5.28. The Labute approximate surface area is 145 Å². The monoisotopic (exact) mass is 337 g/mol. The molecule has 0 unspecified atom stereocenters. The van der Waals surface area contributed by atoms with Crippen LogP contribution in [0.4, 0.5) is 0 Å². The van der Waals surface area contributed by atoms with E-state index in [0.717, 1.165) is 16.9 Å². The summed E-state index contributed by atoms with van der Waals surface area (Å²) in [5, 5.41) is 22.3. The van der Waals surface area contributed by atoms with Gasteiger partial charge in [0.05, 0.1) is 18.2 Å². The summed E-state index contributed by atoms with van der Waals surface area (Å²) < 4.78 is 5.75. The molecule has 0 saturated carbocycles. The molecule has 2 aromatic carbocycles. The summed E-state index contributed by atoms with van der Waals surface area (Å²) in [6.07, 6.45) is -0.581. The van der Waals surface area contributed by atoms with Crippen molar-refractivity contribution in [1.29, 1.82) is 0 Å². The minimum Gasteiger partial charge on any atom is -0.478 e. The van der Waals surface area contributed by atoms with Gasteiger partial charge in [0.15, 0.2) is 0 Å². The molecule has 0 aliphatic rings. The van der Waals surface area contributed by atoms with Crippen LogP contribution in [0.2, 0.25) is 0 Å². The van der Waals surface area contributed by atoms with E-state index in [1.54, 1.807) is 18.2 Å². The van der Waals surface area contributed by atoms with Crippen LogP contribution in [0.5, 0.6) is 0 Å². The second-order valence-electron chi connectivity index (χ2n) is 5.71. The number of benzene rings is 2. The van der Waals surface area contributed by atoms with Crippen molar-refractivity contribution in [3.8, 4) is 11.3 Å². The molecule has 3 N–H and O–H groups in total. The van der Waals surface area contributed by atoms with Crippen LogP contribution < -0.4 is 5.32 Å². The quantitative estimate of drug-likeness (QED) is 0.615. The molecule has 1 atom stereocenters. The van der Waals surface area contributed by atoms with Gasteiger partial charge in [0.25, 0.3) is 0 Å². The van der Waals surface area contributed by atoms with E-state index in [-0.39, 0.29) is 5.56 Å². The van der Waals surface area contributed by atoms with Crippen LogP contribution in [0.15, 0.2) is 71.1 Å². The highest BCUT2D eigenvalue weighted by Crippen LogP contribution is 2.23. The third-order valence-electron chi connectivity index (χ3n) is 3.88. The predicted octanol–water partition coefficient (Wildman–Crippen LogP) is 3.47. The fourth-order valence-electron chi connectivity index (χ4n) is 2.56. The minimum absolute atomic E-state index is 0.222. The number of hydrogen-bond acceptors (Lipinski definition) is 4. The third kappa shape index (κ3) is 4.35. The minimum atomic E-state index is -0.967. The van der Waals surface area contributed by atoms with Crippen molar-refractivity contribution in [3.05, 3.63) is 83.6 Å². The van der Waals surface area contributed by atoms with E-state index in [4.69, 9.17) is 9.52 Å². The molecule has 0 spiro atoms. The zero-order valence-corrected chi connectivity index (χ0v) is 13.6. The average molecular weight is 337 g/mol. The topological polar surface area (TPSA) is 82.7 Å². The van der Waals surface area contributed by atoms with Crippen molar-refractivity contribution in [2.75, 3.05) is 6.54 Å². The Morgan fingerprint density at radius 1 is 1.04 bits per heavy atom. The number of carboxylic acid groups (broad SMARTS) is 1. The summed E-state index contributed by atoms with van der Waals surface area (Å²) in [6.45, 7) is 0.886. The van der Waals surface area contributed by atoms with Crippen molar-refractivity contribution < 1.29 is 19.4 Å². The van der Waals surface area contributed by atoms with Gasteiger partial charge >= 0.3 is 5.97 Å². The number of rotatable bonds is 7. The Hall–Kier alpha value is -2.89. The molecule has 3 rings (SSSR count). The molecular weight excluding hydrogens is 318 g/mol. The van der Waals surface area contributed by atoms with Crippen LogP contribution in [0.3, 0.4) is 0 Å². The lowest BCUT2D eigenvalue weighted by molar-refractivity contribution is 0.0697. The van der Waals surface area contributed by atoms with E-state index in [2.05, 4.69) is 5.32 Å². The number of hydrogen-bond donors (Lipinski definition) is 3. The lowest BCUT2D eigenvalue weighted by Gasteiger charge is -2.11. The summed E-state index contributed by atoms with van der Waals surface area (Å²) in [4.78, 5) is 11.0. The average Bonchev–Trinajstić information content (AvgIpc) is 3.11. The molecule has 3 aromatic rings. The van der Waals surface area contributed by atoms with Gasteiger partial charge in [-0.15, -0.1) is 0 Å². The van der Waals surface area contributed by atoms with Gasteiger partial charge < -0.3 is 19.9 Å². The van der Waals surface area contributed by atoms with Gasteiger partial charge in [0.2, 0.25) is 0 Å². The maximum atomic E-state index is 11.0. The van der Waals surface area contributed by atoms with Gasteiger partial charge in [-0.05, 0) is 29.8 Å². The highest BCUT2D eigenvalue weighted by Gasteiger charge is 2.10. The molecule has 1 heterocycles. The number of carbonyl (C=O) groups is 1. The highest BCUT2D eigenvalue weighted by molar-refractivity contribution is 5.89. The summed E-state index contributed by atoms with van der Waals surface area (Å²) in [7, 11) is 0. The van der Waals surface area contributed by atoms with E-state index in [1.165, 1.54) is 0 Å². The lowest BCUT2D eigenvalue weighted by atomic mass is 10.1. The van der Waals surface area contributed by atoms with Gasteiger partial charge in [0.1, 0.15) is 11.5 Å². The van der Waals surface area contributed by atoms with E-state index in [0.29, 0.717) is 18.8 Å². The molecule has 0 aliphatic carbocycles. The predicted molar refractivity (Wildman–Crippen MR) is 94.2 cm³/mol. The highest BCUT2D eigenvalue weighted by atomic mass is 16.4. The molecule has 5 heteroatoms. The summed E-state index contributed by atoms with van der Waals surface area (Å²) >= 11 is 0. The van der Waals surface area contributed by atoms with Gasteiger partial charge in [-0.1, -0.05) is 42.5 Å². The van der Waals surface area contributed by atoms with E-state index < -0.39 is 12.1 Å². The van der Waals surface area contributed by atoms with Crippen LogP contribution in [0, 0.1) is 0 Å². The number of nitrogens with one attached hydrogen (secondary N) is 1. The first-order chi connectivity index (χ1) is 12.1. The van der Waals surface area contributed by atoms with Crippen LogP contribution in [-0.2, 0) is 6.54 Å². The molecular formula is C20H19NO4. The summed E-state index contributed by atoms with van der Waals surface area (Å²) in [5.41, 5.74) is 1.80. The van der Waals surface area contributed by atoms with Crippen molar-refractivity contribution >= 4 is 5.97 Å². The van der Waals surface area contributed by atoms with Crippen LogP contribution in [0.1, 0.15) is 27.8 Å². The van der Waals surface area contributed by atoms with Gasteiger partial charge in [-0.3, -0.25) is 0 Å². The smallest absolute Gasteiger partial charge is 0.335 e. The normalized spacial score (nSPS) is 12.0. The summed E-state index contributed by atoms with van der Waals surface area (Å²) in [6, 6.07) is 19.7. The maximum Gasteiger partial charge on any atom is 0.335 e. The number of aliphatic hydroxyl groups excluding tert-OH is 1. The number of carboxylic acids is 1. The van der Waals surface area contributed by atoms with Crippen LogP contribution in [-0.4, -0.2) is 22.7 Å². The molecule has 5 nitrogen and oxygen atoms in total. The van der Waals surface area contributed by atoms with Crippen LogP contribution in [0.25, 0.3) is 11.3 Å². The standard InChI is InChI=1S/C20H19NO4/c22-18(14-5-2-1-3-6-14)13-21-12-17-9-10-19(25-17)15-7-4-8-16(11-15)20(23)24/h1-11,18,21-22H,12-13H2,(H,23,24)/t18-/m0/s1. The molecule has 25 heavy (non-hydrogen) atoms. The van der Waals surface area contributed by atoms with Gasteiger partial charge in [-0.25, -0.2) is 4.79 Å². The SMILES string of the molecule is O=C(O)c1cccc(-c2ccc(CNC[C@H](O)c3ccccc3)o2)c1. The third-order valence-corrected chi connectivity index (χ3v) is 3.88. The fourth-order valence-corrected chi connectivity index (χ4v) is 2.56. The van der Waals surface area contributed by atoms with Crippen LogP contribution >= 0.6 is 0 Å². The second kappa shape index (κ2) is 7.79. The Morgan fingerprint density at radius 3 is 2.60 bits per heavy atom. The number of aromatic carboxylic acids is 1. The molecule has 0 radical (unpaired) electrons. The molecule has 0 bridgehead atoms. The number of furan rings is 1. The molecule has 0 saturated heterocycles. The van der Waals surface area contributed by atoms with Gasteiger partial charge in [-0.2, -0.15) is 0 Å². The van der Waals surface area contributed by atoms with E-state index in [9.17, 15) is 9.90 Å². The Morgan fingerprint density at radius 2 is 1.84 bits per heavy atom. The molecule has 0 fully saturated rings.